The fourth-order valence-corrected chi connectivity index (χ4v) is 3.73. The Kier molecular flexibility index (Phi) is 8.34. The first-order chi connectivity index (χ1) is 10.5. The van der Waals surface area contributed by atoms with Gasteiger partial charge < -0.3 is 26.6 Å². The Morgan fingerprint density at radius 2 is 1.95 bits per heavy atom. The van der Waals surface area contributed by atoms with Crippen LogP contribution in [0.25, 0.3) is 0 Å². The van der Waals surface area contributed by atoms with E-state index in [1.807, 2.05) is 0 Å². The molecule has 2 aliphatic rings. The number of likely N-dealkylation sites (tertiary alicyclic amines) is 1. The number of hydrogen-bond donors (Lipinski definition) is 5. The minimum Gasteiger partial charge on any atom is -0.481 e. The Morgan fingerprint density at radius 1 is 1.27 bits per heavy atom. The third-order valence-electron chi connectivity index (χ3n) is 4.82. The Morgan fingerprint density at radius 3 is 2.45 bits per heavy atom. The van der Waals surface area contributed by atoms with Crippen molar-refractivity contribution in [1.29, 1.82) is 0 Å². The van der Waals surface area contributed by atoms with Gasteiger partial charge >= 0.3 is 13.1 Å². The first-order valence-electron chi connectivity index (χ1n) is 8.15. The van der Waals surface area contributed by atoms with Gasteiger partial charge in [-0.2, -0.15) is 0 Å². The number of carboxylic acid groups (broad SMARTS) is 1. The SMILES string of the molecule is CN.NC1CCCC1N1CC(CCCB(O)O)C(C(=O)O)C1. The van der Waals surface area contributed by atoms with Crippen LogP contribution in [0.4, 0.5) is 0 Å². The number of aliphatic carboxylic acids is 1. The standard InChI is InChI=1S/C13H25BN2O4.CH5N/c15-11-4-1-5-12(11)16-7-9(3-2-6-14(19)20)10(8-16)13(17)18;1-2/h9-12,19-20H,1-8,15H2,(H,17,18);2H2,1H3. The highest BCUT2D eigenvalue weighted by molar-refractivity contribution is 6.40. The second kappa shape index (κ2) is 9.47. The van der Waals surface area contributed by atoms with E-state index >= 15 is 0 Å². The molecule has 1 heterocycles. The monoisotopic (exact) mass is 315 g/mol. The van der Waals surface area contributed by atoms with Crippen molar-refractivity contribution in [2.24, 2.45) is 23.3 Å². The zero-order chi connectivity index (χ0) is 16.7. The lowest BCUT2D eigenvalue weighted by molar-refractivity contribution is -0.142. The predicted molar refractivity (Wildman–Crippen MR) is 86.1 cm³/mol. The predicted octanol–water partition coefficient (Wildman–Crippen LogP) is -0.673. The Hall–Kier alpha value is -0.665. The zero-order valence-corrected chi connectivity index (χ0v) is 13.4. The van der Waals surface area contributed by atoms with Crippen molar-refractivity contribution in [1.82, 2.24) is 4.90 Å². The summed E-state index contributed by atoms with van der Waals surface area (Å²) in [5.74, 6) is -0.994. The van der Waals surface area contributed by atoms with Crippen molar-refractivity contribution in [3.63, 3.8) is 0 Å². The number of rotatable bonds is 6. The van der Waals surface area contributed by atoms with E-state index in [4.69, 9.17) is 15.8 Å². The quantitative estimate of drug-likeness (QED) is 0.410. The van der Waals surface area contributed by atoms with E-state index in [2.05, 4.69) is 10.6 Å². The van der Waals surface area contributed by atoms with E-state index in [1.54, 1.807) is 0 Å². The van der Waals surface area contributed by atoms with Gasteiger partial charge in [0.05, 0.1) is 5.92 Å². The smallest absolute Gasteiger partial charge is 0.451 e. The summed E-state index contributed by atoms with van der Waals surface area (Å²) in [6.07, 6.45) is 4.91. The van der Waals surface area contributed by atoms with Gasteiger partial charge in [0, 0.05) is 25.2 Å². The van der Waals surface area contributed by atoms with Crippen LogP contribution in [0.15, 0.2) is 0 Å². The molecule has 0 bridgehead atoms. The van der Waals surface area contributed by atoms with Gasteiger partial charge in [0.25, 0.3) is 0 Å². The maximum atomic E-state index is 11.4. The minimum absolute atomic E-state index is 0.0963. The summed E-state index contributed by atoms with van der Waals surface area (Å²) in [7, 11) is 0.207. The molecular weight excluding hydrogens is 285 g/mol. The number of nitrogens with two attached hydrogens (primary N) is 2. The number of hydrogen-bond acceptors (Lipinski definition) is 6. The molecule has 1 saturated carbocycles. The summed E-state index contributed by atoms with van der Waals surface area (Å²) in [5.41, 5.74) is 10.6. The van der Waals surface area contributed by atoms with Crippen molar-refractivity contribution in [2.45, 2.75) is 50.5 Å². The third kappa shape index (κ3) is 5.21. The average Bonchev–Trinajstić information content (AvgIpc) is 3.07. The second-order valence-corrected chi connectivity index (χ2v) is 6.23. The van der Waals surface area contributed by atoms with Crippen molar-refractivity contribution < 1.29 is 19.9 Å². The molecular formula is C14H30BN3O4. The fourth-order valence-electron chi connectivity index (χ4n) is 3.73. The maximum Gasteiger partial charge on any atom is 0.451 e. The van der Waals surface area contributed by atoms with E-state index in [0.717, 1.165) is 32.2 Å². The molecule has 0 aromatic carbocycles. The lowest BCUT2D eigenvalue weighted by Gasteiger charge is -2.27. The molecule has 0 aromatic rings. The maximum absolute atomic E-state index is 11.4. The van der Waals surface area contributed by atoms with E-state index in [1.165, 1.54) is 7.05 Å². The summed E-state index contributed by atoms with van der Waals surface area (Å²) in [4.78, 5) is 13.6. The molecule has 128 valence electrons. The van der Waals surface area contributed by atoms with E-state index in [0.29, 0.717) is 25.3 Å². The van der Waals surface area contributed by atoms with Gasteiger partial charge in [0.15, 0.2) is 0 Å². The molecule has 4 unspecified atom stereocenters. The third-order valence-corrected chi connectivity index (χ3v) is 4.82. The van der Waals surface area contributed by atoms with Crippen molar-refractivity contribution in [2.75, 3.05) is 20.1 Å². The molecule has 0 aromatic heterocycles. The molecule has 7 N–H and O–H groups in total. The molecule has 2 fully saturated rings. The van der Waals surface area contributed by atoms with Gasteiger partial charge in [-0.3, -0.25) is 9.69 Å². The highest BCUT2D eigenvalue weighted by Gasteiger charge is 2.42. The van der Waals surface area contributed by atoms with E-state index in [-0.39, 0.29) is 17.9 Å². The number of carbonyl (C=O) groups is 1. The van der Waals surface area contributed by atoms with Gasteiger partial charge in [-0.1, -0.05) is 12.8 Å². The zero-order valence-electron chi connectivity index (χ0n) is 13.4. The molecule has 1 aliphatic heterocycles. The molecule has 7 nitrogen and oxygen atoms in total. The molecule has 0 spiro atoms. The summed E-state index contributed by atoms with van der Waals surface area (Å²) in [5, 5.41) is 27.1. The normalized spacial score (nSPS) is 31.7. The Bertz CT molecular complexity index is 346. The largest absolute Gasteiger partial charge is 0.481 e. The highest BCUT2D eigenvalue weighted by Crippen LogP contribution is 2.33. The van der Waals surface area contributed by atoms with E-state index < -0.39 is 13.1 Å². The number of carboxylic acids is 1. The Labute approximate surface area is 132 Å². The van der Waals surface area contributed by atoms with Gasteiger partial charge in [-0.15, -0.1) is 0 Å². The summed E-state index contributed by atoms with van der Waals surface area (Å²) < 4.78 is 0. The van der Waals surface area contributed by atoms with Crippen LogP contribution in [0.5, 0.6) is 0 Å². The van der Waals surface area contributed by atoms with Gasteiger partial charge in [-0.05, 0) is 38.5 Å². The van der Waals surface area contributed by atoms with Crippen LogP contribution in [0, 0.1) is 11.8 Å². The lowest BCUT2D eigenvalue weighted by Crippen LogP contribution is -2.43. The molecule has 1 aliphatic carbocycles. The molecule has 0 radical (unpaired) electrons. The Balaban J connectivity index is 0.00000116. The van der Waals surface area contributed by atoms with Crippen molar-refractivity contribution in [3.8, 4) is 0 Å². The second-order valence-electron chi connectivity index (χ2n) is 6.23. The topological polar surface area (TPSA) is 133 Å². The molecule has 2 rings (SSSR count). The van der Waals surface area contributed by atoms with Crippen LogP contribution in [0.1, 0.15) is 32.1 Å². The van der Waals surface area contributed by atoms with Crippen LogP contribution < -0.4 is 11.5 Å². The van der Waals surface area contributed by atoms with Gasteiger partial charge in [0.1, 0.15) is 0 Å². The highest BCUT2D eigenvalue weighted by atomic mass is 16.4. The fraction of sp³-hybridized carbons (Fsp3) is 0.929. The molecule has 1 saturated heterocycles. The minimum atomic E-state index is -1.29. The molecule has 0 amide bonds. The molecule has 4 atom stereocenters. The van der Waals surface area contributed by atoms with Crippen LogP contribution in [-0.4, -0.2) is 65.4 Å². The number of nitrogens with zero attached hydrogens (tertiary/aromatic N) is 1. The van der Waals surface area contributed by atoms with E-state index in [9.17, 15) is 9.90 Å². The van der Waals surface area contributed by atoms with Crippen LogP contribution in [0.3, 0.4) is 0 Å². The average molecular weight is 315 g/mol. The van der Waals surface area contributed by atoms with Crippen LogP contribution in [0.2, 0.25) is 6.32 Å². The first kappa shape index (κ1) is 19.4. The molecule has 22 heavy (non-hydrogen) atoms. The van der Waals surface area contributed by atoms with Gasteiger partial charge in [-0.25, -0.2) is 0 Å². The summed E-state index contributed by atoms with van der Waals surface area (Å²) in [6, 6.07) is 0.493. The summed E-state index contributed by atoms with van der Waals surface area (Å²) >= 11 is 0. The van der Waals surface area contributed by atoms with Crippen molar-refractivity contribution in [3.05, 3.63) is 0 Å². The van der Waals surface area contributed by atoms with Gasteiger partial charge in [0.2, 0.25) is 0 Å². The first-order valence-corrected chi connectivity index (χ1v) is 8.15. The van der Waals surface area contributed by atoms with Crippen LogP contribution >= 0.6 is 0 Å². The lowest BCUT2D eigenvalue weighted by atomic mass is 9.80. The van der Waals surface area contributed by atoms with Crippen LogP contribution in [-0.2, 0) is 4.79 Å². The van der Waals surface area contributed by atoms with Crippen molar-refractivity contribution >= 4 is 13.1 Å². The molecule has 8 heteroatoms. The summed E-state index contributed by atoms with van der Waals surface area (Å²) in [6.45, 7) is 1.36.